The Hall–Kier alpha value is -3.64. The first-order chi connectivity index (χ1) is 18.6. The van der Waals surface area contributed by atoms with Gasteiger partial charge in [0.1, 0.15) is 23.0 Å². The van der Waals surface area contributed by atoms with Crippen molar-refractivity contribution in [3.05, 3.63) is 107 Å². The molecule has 2 atom stereocenters. The first kappa shape index (κ1) is 31.9. The van der Waals surface area contributed by atoms with Gasteiger partial charge in [0.2, 0.25) is 5.91 Å². The lowest BCUT2D eigenvalue weighted by Gasteiger charge is -2.38. The first-order valence-corrected chi connectivity index (χ1v) is 12.4. The number of hydrogen-bond acceptors (Lipinski definition) is 4. The molecule has 0 saturated carbocycles. The Morgan fingerprint density at radius 2 is 1.61 bits per heavy atom. The van der Waals surface area contributed by atoms with Crippen LogP contribution in [0.15, 0.2) is 72.8 Å². The molecule has 0 bridgehead atoms. The summed E-state index contributed by atoms with van der Waals surface area (Å²) in [5.41, 5.74) is 1.07. The van der Waals surface area contributed by atoms with Crippen LogP contribution in [0.2, 0.25) is 0 Å². The van der Waals surface area contributed by atoms with Crippen molar-refractivity contribution in [2.75, 3.05) is 11.4 Å². The number of benzene rings is 2. The molecular formula is C29H28F4N4O2S2. The summed E-state index contributed by atoms with van der Waals surface area (Å²) in [4.78, 5) is 32.4. The third-order valence-corrected chi connectivity index (χ3v) is 6.91. The summed E-state index contributed by atoms with van der Waals surface area (Å²) >= 11 is 0. The zero-order chi connectivity index (χ0) is 27.9. The van der Waals surface area contributed by atoms with Crippen molar-refractivity contribution in [3.8, 4) is 5.69 Å². The van der Waals surface area contributed by atoms with Crippen LogP contribution in [0.1, 0.15) is 52.3 Å². The number of fused-ring (bicyclic) bond motifs is 1. The van der Waals surface area contributed by atoms with E-state index in [-0.39, 0.29) is 51.6 Å². The molecule has 0 N–H and O–H groups in total. The molecule has 0 aliphatic carbocycles. The Balaban J connectivity index is 0.00000231. The van der Waals surface area contributed by atoms with E-state index in [9.17, 15) is 27.2 Å². The molecule has 5 rings (SSSR count). The van der Waals surface area contributed by atoms with E-state index < -0.39 is 35.3 Å². The van der Waals surface area contributed by atoms with Crippen LogP contribution in [0.25, 0.3) is 5.69 Å². The highest BCUT2D eigenvalue weighted by Crippen LogP contribution is 2.47. The van der Waals surface area contributed by atoms with Crippen molar-refractivity contribution in [2.45, 2.75) is 32.4 Å². The maximum Gasteiger partial charge on any atom is 0.433 e. The molecule has 0 radical (unpaired) electrons. The Kier molecular flexibility index (Phi) is 9.70. The van der Waals surface area contributed by atoms with Crippen LogP contribution in [-0.4, -0.2) is 33.0 Å². The number of anilines is 1. The molecule has 0 unspecified atom stereocenters. The summed E-state index contributed by atoms with van der Waals surface area (Å²) in [6, 6.07) is 18.0. The highest BCUT2D eigenvalue weighted by molar-refractivity contribution is 7.59. The average Bonchev–Trinajstić information content (AvgIpc) is 3.26. The van der Waals surface area contributed by atoms with Gasteiger partial charge in [-0.1, -0.05) is 36.4 Å². The highest BCUT2D eigenvalue weighted by Gasteiger charge is 2.45. The van der Waals surface area contributed by atoms with Gasteiger partial charge in [0, 0.05) is 24.4 Å². The van der Waals surface area contributed by atoms with E-state index in [0.717, 1.165) is 17.8 Å². The fraction of sp³-hybridized carbons (Fsp3) is 0.241. The Morgan fingerprint density at radius 3 is 2.22 bits per heavy atom. The lowest BCUT2D eigenvalue weighted by molar-refractivity contribution is -0.141. The average molecular weight is 605 g/mol. The van der Waals surface area contributed by atoms with Gasteiger partial charge in [-0.3, -0.25) is 14.5 Å². The monoisotopic (exact) mass is 604 g/mol. The summed E-state index contributed by atoms with van der Waals surface area (Å²) in [6.07, 6.45) is -5.11. The molecule has 2 aromatic carbocycles. The number of aryl methyl sites for hydroxylation is 1. The number of Topliss-reactive ketones (excluding diaryl/α,β-unsaturated/α-hetero) is 1. The molecular weight excluding hydrogens is 576 g/mol. The molecule has 6 nitrogen and oxygen atoms in total. The van der Waals surface area contributed by atoms with Crippen LogP contribution in [0.5, 0.6) is 0 Å². The Bertz CT molecular complexity index is 1540. The molecule has 2 aromatic heterocycles. The predicted molar refractivity (Wildman–Crippen MR) is 157 cm³/mol. The van der Waals surface area contributed by atoms with Crippen molar-refractivity contribution in [1.29, 1.82) is 0 Å². The number of alkyl halides is 3. The van der Waals surface area contributed by atoms with E-state index in [4.69, 9.17) is 5.10 Å². The standard InChI is InChI=1S/C29H24F4N4O2.2H2S/c1-3-36-27-25(17(2)35-37(27)20-8-5-4-6-9-20)26(18-12-14-19(30)15-13-18)21(28(36)39)16-23(38)22-10-7-11-24(34-22)29(31,32)33;;/h4-15,21,26H,3,16H2,1-2H3;2*1H2/t21-,26+;;/m0../s1. The van der Waals surface area contributed by atoms with E-state index in [1.807, 2.05) is 30.3 Å². The highest BCUT2D eigenvalue weighted by atomic mass is 32.1. The maximum atomic E-state index is 14.0. The van der Waals surface area contributed by atoms with Gasteiger partial charge < -0.3 is 0 Å². The van der Waals surface area contributed by atoms with E-state index in [2.05, 4.69) is 4.98 Å². The van der Waals surface area contributed by atoms with Crippen molar-refractivity contribution in [3.63, 3.8) is 0 Å². The van der Waals surface area contributed by atoms with Crippen molar-refractivity contribution in [2.24, 2.45) is 5.92 Å². The fourth-order valence-electron chi connectivity index (χ4n) is 5.18. The van der Waals surface area contributed by atoms with Gasteiger partial charge in [-0.15, -0.1) is 0 Å². The summed E-state index contributed by atoms with van der Waals surface area (Å²) in [5, 5.41) is 4.73. The topological polar surface area (TPSA) is 68.1 Å². The predicted octanol–water partition coefficient (Wildman–Crippen LogP) is 6.35. The molecule has 41 heavy (non-hydrogen) atoms. The largest absolute Gasteiger partial charge is 0.433 e. The third-order valence-electron chi connectivity index (χ3n) is 6.91. The summed E-state index contributed by atoms with van der Waals surface area (Å²) in [6.45, 7) is 3.86. The second kappa shape index (κ2) is 12.5. The minimum absolute atomic E-state index is 0. The number of pyridine rings is 1. The van der Waals surface area contributed by atoms with Crippen LogP contribution < -0.4 is 4.90 Å². The number of aromatic nitrogens is 3. The minimum atomic E-state index is -4.72. The molecule has 1 amide bonds. The molecule has 12 heteroatoms. The normalized spacial score (nSPS) is 16.4. The molecule has 0 spiro atoms. The van der Waals surface area contributed by atoms with Crippen LogP contribution >= 0.6 is 27.0 Å². The van der Waals surface area contributed by atoms with E-state index >= 15 is 0 Å². The van der Waals surface area contributed by atoms with Crippen LogP contribution in [0, 0.1) is 18.7 Å². The maximum absolute atomic E-state index is 14.0. The number of amides is 1. The van der Waals surface area contributed by atoms with Gasteiger partial charge in [0.15, 0.2) is 5.78 Å². The zero-order valence-corrected chi connectivity index (χ0v) is 24.1. The van der Waals surface area contributed by atoms with Gasteiger partial charge in [-0.2, -0.15) is 45.3 Å². The summed E-state index contributed by atoms with van der Waals surface area (Å²) in [5.74, 6) is -2.66. The van der Waals surface area contributed by atoms with Crippen molar-refractivity contribution < 1.29 is 27.2 Å². The molecule has 1 aliphatic rings. The Labute approximate surface area is 248 Å². The molecule has 1 aliphatic heterocycles. The quantitative estimate of drug-likeness (QED) is 0.190. The first-order valence-electron chi connectivity index (χ1n) is 12.4. The van der Waals surface area contributed by atoms with Gasteiger partial charge >= 0.3 is 6.18 Å². The third kappa shape index (κ3) is 6.03. The number of rotatable bonds is 6. The number of halogens is 4. The molecule has 4 aromatic rings. The summed E-state index contributed by atoms with van der Waals surface area (Å²) in [7, 11) is 0. The molecule has 0 saturated heterocycles. The van der Waals surface area contributed by atoms with Crippen LogP contribution in [0.4, 0.5) is 23.4 Å². The molecule has 3 heterocycles. The Morgan fingerprint density at radius 1 is 0.951 bits per heavy atom. The second-order valence-electron chi connectivity index (χ2n) is 9.32. The molecule has 216 valence electrons. The second-order valence-corrected chi connectivity index (χ2v) is 9.32. The van der Waals surface area contributed by atoms with Crippen LogP contribution in [0.3, 0.4) is 0 Å². The number of carbonyl (C=O) groups is 2. The smallest absolute Gasteiger partial charge is 0.296 e. The minimum Gasteiger partial charge on any atom is -0.296 e. The number of ketones is 1. The SMILES string of the molecule is CCN1C(=O)[C@@H](CC(=O)c2cccc(C(F)(F)F)n2)[C@@H](c2ccc(F)cc2)c2c(C)nn(-c3ccccc3)c21.S.S. The lowest BCUT2D eigenvalue weighted by Crippen LogP contribution is -2.45. The van der Waals surface area contributed by atoms with Crippen molar-refractivity contribution >= 4 is 44.5 Å². The molecule has 0 fully saturated rings. The van der Waals surface area contributed by atoms with Gasteiger partial charge in [-0.05, 0) is 55.8 Å². The fourth-order valence-corrected chi connectivity index (χ4v) is 5.18. The number of hydrogen-bond donors (Lipinski definition) is 0. The lowest BCUT2D eigenvalue weighted by atomic mass is 9.74. The summed E-state index contributed by atoms with van der Waals surface area (Å²) < 4.78 is 55.3. The van der Waals surface area contributed by atoms with Gasteiger partial charge in [0.25, 0.3) is 0 Å². The van der Waals surface area contributed by atoms with E-state index in [1.54, 1.807) is 35.6 Å². The number of carbonyl (C=O) groups excluding carboxylic acids is 2. The van der Waals surface area contributed by atoms with Crippen LogP contribution in [-0.2, 0) is 11.0 Å². The van der Waals surface area contributed by atoms with Crippen molar-refractivity contribution in [1.82, 2.24) is 14.8 Å². The van der Waals surface area contributed by atoms with Gasteiger partial charge in [-0.25, -0.2) is 14.1 Å². The zero-order valence-electron chi connectivity index (χ0n) is 22.1. The number of nitrogens with zero attached hydrogens (tertiary/aromatic N) is 4. The number of para-hydroxylation sites is 1. The van der Waals surface area contributed by atoms with E-state index in [1.165, 1.54) is 18.2 Å². The van der Waals surface area contributed by atoms with E-state index in [0.29, 0.717) is 22.6 Å². The van der Waals surface area contributed by atoms with Gasteiger partial charge in [0.05, 0.1) is 17.3 Å².